The SMILES string of the molecule is COc1ccccc1/C=C/C(=O)c1c2c(c(OC)c3c1OCO3)C[NH+](C)CC2. The van der Waals surface area contributed by atoms with Crippen LogP contribution in [0, 0.1) is 0 Å². The highest BCUT2D eigenvalue weighted by molar-refractivity contribution is 6.11. The van der Waals surface area contributed by atoms with Crippen molar-refractivity contribution in [3.05, 3.63) is 52.6 Å². The van der Waals surface area contributed by atoms with Crippen molar-refractivity contribution < 1.29 is 28.6 Å². The fourth-order valence-electron chi connectivity index (χ4n) is 3.92. The number of carbonyl (C=O) groups is 1. The van der Waals surface area contributed by atoms with Gasteiger partial charge in [-0.3, -0.25) is 4.79 Å². The van der Waals surface area contributed by atoms with E-state index in [0.717, 1.165) is 42.0 Å². The largest absolute Gasteiger partial charge is 0.496 e. The Morgan fingerprint density at radius 1 is 1.11 bits per heavy atom. The number of allylic oxidation sites excluding steroid dienone is 1. The Hall–Kier alpha value is -2.99. The van der Waals surface area contributed by atoms with Gasteiger partial charge in [0.15, 0.2) is 17.3 Å². The topological polar surface area (TPSA) is 58.4 Å². The molecule has 2 heterocycles. The fraction of sp³-hybridized carbons (Fsp3) is 0.318. The highest BCUT2D eigenvalue weighted by Gasteiger charge is 2.35. The average molecular weight is 382 g/mol. The normalized spacial score (nSPS) is 17.5. The molecule has 0 aromatic heterocycles. The van der Waals surface area contributed by atoms with Crippen LogP contribution in [0.4, 0.5) is 0 Å². The first-order valence-corrected chi connectivity index (χ1v) is 9.32. The van der Waals surface area contributed by atoms with Crippen LogP contribution in [0.3, 0.4) is 0 Å². The number of likely N-dealkylation sites (N-methyl/N-ethyl adjacent to an activating group) is 1. The van der Waals surface area contributed by atoms with Gasteiger partial charge in [-0.15, -0.1) is 0 Å². The Morgan fingerprint density at radius 3 is 2.68 bits per heavy atom. The maximum absolute atomic E-state index is 13.2. The summed E-state index contributed by atoms with van der Waals surface area (Å²) in [6.07, 6.45) is 4.14. The molecule has 0 aliphatic carbocycles. The van der Waals surface area contributed by atoms with Gasteiger partial charge >= 0.3 is 0 Å². The molecule has 0 saturated carbocycles. The maximum Gasteiger partial charge on any atom is 0.231 e. The van der Waals surface area contributed by atoms with Crippen LogP contribution < -0.4 is 23.8 Å². The van der Waals surface area contributed by atoms with E-state index in [1.165, 1.54) is 4.90 Å². The number of hydrogen-bond donors (Lipinski definition) is 1. The number of nitrogens with one attached hydrogen (secondary N) is 1. The second kappa shape index (κ2) is 7.56. The summed E-state index contributed by atoms with van der Waals surface area (Å²) in [5.74, 6) is 2.33. The van der Waals surface area contributed by atoms with E-state index in [2.05, 4.69) is 7.05 Å². The Kier molecular flexibility index (Phi) is 4.96. The van der Waals surface area contributed by atoms with Crippen molar-refractivity contribution in [2.75, 3.05) is 34.6 Å². The molecule has 2 aromatic rings. The standard InChI is InChI=1S/C22H23NO5/c1-23-11-10-15-16(12-23)20(26-3)22-21(27-13-28-22)19(15)17(24)9-8-14-6-4-5-7-18(14)25-2/h4-9H,10-13H2,1-3H3/p+1/b9-8+. The summed E-state index contributed by atoms with van der Waals surface area (Å²) in [7, 11) is 5.38. The minimum absolute atomic E-state index is 0.0911. The van der Waals surface area contributed by atoms with Crippen LogP contribution in [0.1, 0.15) is 27.0 Å². The summed E-state index contributed by atoms with van der Waals surface area (Å²) >= 11 is 0. The van der Waals surface area contributed by atoms with E-state index in [1.807, 2.05) is 24.3 Å². The Balaban J connectivity index is 1.79. The molecule has 2 aliphatic rings. The summed E-state index contributed by atoms with van der Waals surface area (Å²) in [5, 5.41) is 0. The molecule has 1 atom stereocenters. The number of rotatable bonds is 5. The molecule has 146 valence electrons. The molecule has 6 nitrogen and oxygen atoms in total. The first-order chi connectivity index (χ1) is 13.6. The van der Waals surface area contributed by atoms with Crippen LogP contribution in [0.25, 0.3) is 6.08 Å². The van der Waals surface area contributed by atoms with E-state index >= 15 is 0 Å². The molecule has 0 bridgehead atoms. The summed E-state index contributed by atoms with van der Waals surface area (Å²) in [6.45, 7) is 1.83. The highest BCUT2D eigenvalue weighted by Crippen LogP contribution is 2.48. The van der Waals surface area contributed by atoms with Gasteiger partial charge in [0, 0.05) is 12.0 Å². The number of fused-ring (bicyclic) bond motifs is 2. The molecule has 0 fully saturated rings. The Bertz CT molecular complexity index is 950. The second-order valence-corrected chi connectivity index (χ2v) is 7.00. The molecule has 0 radical (unpaired) electrons. The van der Waals surface area contributed by atoms with E-state index < -0.39 is 0 Å². The summed E-state index contributed by atoms with van der Waals surface area (Å²) in [6, 6.07) is 7.59. The number of ketones is 1. The number of carbonyl (C=O) groups excluding carboxylic acids is 1. The lowest BCUT2D eigenvalue weighted by Crippen LogP contribution is -3.08. The zero-order valence-electron chi connectivity index (χ0n) is 16.3. The molecule has 1 N–H and O–H groups in total. The predicted molar refractivity (Wildman–Crippen MR) is 105 cm³/mol. The number of benzene rings is 2. The van der Waals surface area contributed by atoms with Crippen LogP contribution in [0.2, 0.25) is 0 Å². The third kappa shape index (κ3) is 3.10. The van der Waals surface area contributed by atoms with Gasteiger partial charge in [0.05, 0.1) is 38.9 Å². The van der Waals surface area contributed by atoms with Crippen molar-refractivity contribution in [3.63, 3.8) is 0 Å². The third-order valence-electron chi connectivity index (χ3n) is 5.27. The lowest BCUT2D eigenvalue weighted by molar-refractivity contribution is -0.895. The lowest BCUT2D eigenvalue weighted by atomic mass is 9.90. The number of methoxy groups -OCH3 is 2. The zero-order chi connectivity index (χ0) is 19.7. The maximum atomic E-state index is 13.2. The zero-order valence-corrected chi connectivity index (χ0v) is 16.3. The molecule has 28 heavy (non-hydrogen) atoms. The molecule has 6 heteroatoms. The molecule has 0 spiro atoms. The van der Waals surface area contributed by atoms with Crippen molar-refractivity contribution in [1.29, 1.82) is 0 Å². The molecular formula is C22H24NO5+. The summed E-state index contributed by atoms with van der Waals surface area (Å²) in [5.41, 5.74) is 3.46. The van der Waals surface area contributed by atoms with Crippen LogP contribution in [-0.2, 0) is 13.0 Å². The van der Waals surface area contributed by atoms with Gasteiger partial charge in [-0.2, -0.15) is 0 Å². The van der Waals surface area contributed by atoms with Crippen molar-refractivity contribution >= 4 is 11.9 Å². The molecule has 2 aliphatic heterocycles. The van der Waals surface area contributed by atoms with Crippen molar-refractivity contribution in [2.24, 2.45) is 0 Å². The van der Waals surface area contributed by atoms with Gasteiger partial charge in [-0.05, 0) is 23.8 Å². The number of hydrogen-bond acceptors (Lipinski definition) is 5. The highest BCUT2D eigenvalue weighted by atomic mass is 16.7. The first kappa shape index (κ1) is 18.4. The smallest absolute Gasteiger partial charge is 0.231 e. The predicted octanol–water partition coefficient (Wildman–Crippen LogP) is 1.90. The van der Waals surface area contributed by atoms with E-state index in [4.69, 9.17) is 18.9 Å². The molecule has 2 aromatic carbocycles. The minimum Gasteiger partial charge on any atom is -0.496 e. The minimum atomic E-state index is -0.105. The van der Waals surface area contributed by atoms with Gasteiger partial charge in [0.2, 0.25) is 12.5 Å². The van der Waals surface area contributed by atoms with Crippen LogP contribution in [-0.4, -0.2) is 40.4 Å². The van der Waals surface area contributed by atoms with E-state index in [0.29, 0.717) is 22.8 Å². The van der Waals surface area contributed by atoms with Crippen LogP contribution in [0.5, 0.6) is 23.0 Å². The van der Waals surface area contributed by atoms with Crippen LogP contribution in [0.15, 0.2) is 30.3 Å². The molecule has 0 amide bonds. The van der Waals surface area contributed by atoms with Crippen molar-refractivity contribution in [3.8, 4) is 23.0 Å². The van der Waals surface area contributed by atoms with Gasteiger partial charge in [0.25, 0.3) is 0 Å². The first-order valence-electron chi connectivity index (χ1n) is 9.32. The van der Waals surface area contributed by atoms with Crippen LogP contribution >= 0.6 is 0 Å². The number of para-hydroxylation sites is 1. The Labute approximate surface area is 164 Å². The quantitative estimate of drug-likeness (QED) is 0.632. The van der Waals surface area contributed by atoms with E-state index in [1.54, 1.807) is 26.4 Å². The van der Waals surface area contributed by atoms with E-state index in [-0.39, 0.29) is 12.6 Å². The molecule has 0 saturated heterocycles. The van der Waals surface area contributed by atoms with Crippen molar-refractivity contribution in [1.82, 2.24) is 0 Å². The summed E-state index contributed by atoms with van der Waals surface area (Å²) < 4.78 is 22.4. The van der Waals surface area contributed by atoms with E-state index in [9.17, 15) is 4.79 Å². The van der Waals surface area contributed by atoms with Crippen molar-refractivity contribution in [2.45, 2.75) is 13.0 Å². The Morgan fingerprint density at radius 2 is 1.89 bits per heavy atom. The molecular weight excluding hydrogens is 358 g/mol. The monoisotopic (exact) mass is 382 g/mol. The summed E-state index contributed by atoms with van der Waals surface area (Å²) in [4.78, 5) is 14.6. The van der Waals surface area contributed by atoms with Gasteiger partial charge in [0.1, 0.15) is 12.3 Å². The fourth-order valence-corrected chi connectivity index (χ4v) is 3.92. The molecule has 1 unspecified atom stereocenters. The number of ether oxygens (including phenoxy) is 4. The average Bonchev–Trinajstić information content (AvgIpc) is 3.19. The molecule has 4 rings (SSSR count). The lowest BCUT2D eigenvalue weighted by Gasteiger charge is -2.26. The third-order valence-corrected chi connectivity index (χ3v) is 5.27. The van der Waals surface area contributed by atoms with Gasteiger partial charge in [-0.1, -0.05) is 18.2 Å². The number of quaternary nitrogens is 1. The van der Waals surface area contributed by atoms with Gasteiger partial charge in [-0.25, -0.2) is 0 Å². The van der Waals surface area contributed by atoms with Gasteiger partial charge < -0.3 is 23.8 Å². The second-order valence-electron chi connectivity index (χ2n) is 7.00.